The third kappa shape index (κ3) is 5.06. The van der Waals surface area contributed by atoms with Gasteiger partial charge in [0.1, 0.15) is 5.82 Å². The van der Waals surface area contributed by atoms with Gasteiger partial charge in [0.05, 0.1) is 17.0 Å². The topological polar surface area (TPSA) is 83.8 Å². The van der Waals surface area contributed by atoms with Crippen LogP contribution in [0.5, 0.6) is 0 Å². The van der Waals surface area contributed by atoms with Gasteiger partial charge in [-0.15, -0.1) is 0 Å². The monoisotopic (exact) mass is 380 g/mol. The van der Waals surface area contributed by atoms with E-state index in [1.165, 1.54) is 25.1 Å². The lowest BCUT2D eigenvalue weighted by Crippen LogP contribution is -2.13. The maximum Gasteiger partial charge on any atom is 0.416 e. The molecule has 4 N–H and O–H groups in total. The molecule has 1 amide bonds. The average Bonchev–Trinajstić information content (AvgIpc) is 3.04. The fraction of sp³-hybridized carbons (Fsp3) is 0.111. The molecule has 2 rings (SSSR count). The fourth-order valence-corrected chi connectivity index (χ4v) is 2.05. The van der Waals surface area contributed by atoms with Crippen LogP contribution < -0.4 is 11.1 Å². The third-order valence-electron chi connectivity index (χ3n) is 3.52. The molecule has 0 fully saturated rings. The van der Waals surface area contributed by atoms with Gasteiger partial charge in [0, 0.05) is 17.2 Å². The number of halogens is 4. The van der Waals surface area contributed by atoms with E-state index in [4.69, 9.17) is 5.73 Å². The van der Waals surface area contributed by atoms with Gasteiger partial charge in [0.2, 0.25) is 0 Å². The number of carbonyl (C=O) groups excluding carboxylic acids is 1. The predicted molar refractivity (Wildman–Crippen MR) is 95.1 cm³/mol. The van der Waals surface area contributed by atoms with Crippen LogP contribution in [-0.4, -0.2) is 22.3 Å². The zero-order valence-corrected chi connectivity index (χ0v) is 14.2. The first kappa shape index (κ1) is 20.0. The van der Waals surface area contributed by atoms with Crippen LogP contribution in [0.1, 0.15) is 6.92 Å². The number of anilines is 2. The van der Waals surface area contributed by atoms with Crippen LogP contribution >= 0.6 is 0 Å². The summed E-state index contributed by atoms with van der Waals surface area (Å²) in [5.74, 6) is -1.23. The molecule has 0 unspecified atom stereocenters. The molecule has 27 heavy (non-hydrogen) atoms. The molecule has 9 heteroatoms. The molecule has 1 aromatic carbocycles. The highest BCUT2D eigenvalue weighted by Gasteiger charge is 2.30. The van der Waals surface area contributed by atoms with E-state index in [-0.39, 0.29) is 17.1 Å². The fourth-order valence-electron chi connectivity index (χ4n) is 2.05. The Kier molecular flexibility index (Phi) is 5.84. The summed E-state index contributed by atoms with van der Waals surface area (Å²) in [7, 11) is 0. The second-order valence-corrected chi connectivity index (χ2v) is 5.46. The Balaban J connectivity index is 2.07. The molecule has 0 saturated heterocycles. The number of amides is 1. The zero-order valence-electron chi connectivity index (χ0n) is 14.2. The van der Waals surface area contributed by atoms with Gasteiger partial charge in [-0.1, -0.05) is 18.7 Å². The van der Waals surface area contributed by atoms with E-state index in [1.807, 2.05) is 0 Å². The van der Waals surface area contributed by atoms with E-state index in [2.05, 4.69) is 22.1 Å². The van der Waals surface area contributed by atoms with Crippen molar-refractivity contribution in [3.63, 3.8) is 0 Å². The van der Waals surface area contributed by atoms with Crippen molar-refractivity contribution in [2.75, 3.05) is 11.1 Å². The van der Waals surface area contributed by atoms with Crippen molar-refractivity contribution >= 4 is 17.4 Å². The number of nitrogens with zero attached hydrogens (tertiary/aromatic N) is 1. The molecule has 0 aliphatic heterocycles. The van der Waals surface area contributed by atoms with Crippen molar-refractivity contribution in [3.05, 3.63) is 66.0 Å². The van der Waals surface area contributed by atoms with E-state index in [0.717, 1.165) is 18.2 Å². The summed E-state index contributed by atoms with van der Waals surface area (Å²) in [6.45, 7) is 4.67. The molecule has 0 atom stereocenters. The summed E-state index contributed by atoms with van der Waals surface area (Å²) in [5, 5.41) is 8.85. The number of nitrogen functional groups attached to an aromatic ring is 1. The van der Waals surface area contributed by atoms with Gasteiger partial charge >= 0.3 is 6.18 Å². The Morgan fingerprint density at radius 3 is 2.59 bits per heavy atom. The van der Waals surface area contributed by atoms with Crippen molar-refractivity contribution in [1.29, 1.82) is 0 Å². The molecule has 0 aliphatic rings. The molecular formula is C18H16F4N4O. The highest BCUT2D eigenvalue weighted by molar-refractivity contribution is 6.05. The lowest BCUT2D eigenvalue weighted by molar-refractivity contribution is -0.112. The molecule has 0 aliphatic carbocycles. The standard InChI is InChI=1S/C18H16F4N4O/c1-3-12(18(20,21)22)6-4-10(2)17(27)24-16-9-15(25-26-16)11-5-7-14(23)13(19)8-11/h3-9H,2,23H2,1H3,(H2,24,25,26,27)/b6-4-,12-3+. The number of rotatable bonds is 5. The van der Waals surface area contributed by atoms with Crippen molar-refractivity contribution in [1.82, 2.24) is 10.2 Å². The first-order chi connectivity index (χ1) is 12.6. The zero-order chi connectivity index (χ0) is 20.2. The average molecular weight is 380 g/mol. The number of nitrogens with two attached hydrogens (primary N) is 1. The molecule has 1 aromatic heterocycles. The molecular weight excluding hydrogens is 364 g/mol. The summed E-state index contributed by atoms with van der Waals surface area (Å²) in [5.41, 5.74) is 5.18. The molecule has 1 heterocycles. The minimum atomic E-state index is -4.52. The smallest absolute Gasteiger partial charge is 0.396 e. The van der Waals surface area contributed by atoms with E-state index in [9.17, 15) is 22.4 Å². The van der Waals surface area contributed by atoms with Crippen LogP contribution in [0, 0.1) is 5.82 Å². The number of H-pyrrole nitrogens is 1. The predicted octanol–water partition coefficient (Wildman–Crippen LogP) is 4.36. The molecule has 2 aromatic rings. The lowest BCUT2D eigenvalue weighted by atomic mass is 10.1. The first-order valence-corrected chi connectivity index (χ1v) is 7.64. The van der Waals surface area contributed by atoms with Gasteiger partial charge in [-0.2, -0.15) is 18.3 Å². The summed E-state index contributed by atoms with van der Waals surface area (Å²) in [6, 6.07) is 5.59. The SMILES string of the molecule is C=C(/C=C\C(=C/C)C(F)(F)F)C(=O)Nc1cc(-c2ccc(N)c(F)c2)[nH]n1. The largest absolute Gasteiger partial charge is 0.416 e. The van der Waals surface area contributed by atoms with Gasteiger partial charge in [-0.05, 0) is 31.2 Å². The number of allylic oxidation sites excluding steroid dienone is 3. The van der Waals surface area contributed by atoms with E-state index in [1.54, 1.807) is 6.07 Å². The van der Waals surface area contributed by atoms with Crippen molar-refractivity contribution in [2.45, 2.75) is 13.1 Å². The van der Waals surface area contributed by atoms with Crippen LogP contribution in [0.15, 0.2) is 60.2 Å². The Bertz CT molecular complexity index is 926. The highest BCUT2D eigenvalue weighted by Crippen LogP contribution is 2.27. The molecule has 142 valence electrons. The second kappa shape index (κ2) is 7.90. The van der Waals surface area contributed by atoms with Gasteiger partial charge in [-0.3, -0.25) is 9.89 Å². The van der Waals surface area contributed by atoms with E-state index in [0.29, 0.717) is 11.3 Å². The van der Waals surface area contributed by atoms with Crippen LogP contribution in [0.4, 0.5) is 29.1 Å². The van der Waals surface area contributed by atoms with E-state index < -0.39 is 23.5 Å². The van der Waals surface area contributed by atoms with Crippen LogP contribution in [-0.2, 0) is 4.79 Å². The minimum absolute atomic E-state index is 0.00534. The molecule has 0 spiro atoms. The summed E-state index contributed by atoms with van der Waals surface area (Å²) in [4.78, 5) is 12.0. The number of aromatic amines is 1. The van der Waals surface area contributed by atoms with Gasteiger partial charge in [0.15, 0.2) is 5.82 Å². The number of hydrogen-bond acceptors (Lipinski definition) is 3. The van der Waals surface area contributed by atoms with Crippen LogP contribution in [0.2, 0.25) is 0 Å². The molecule has 0 saturated carbocycles. The van der Waals surface area contributed by atoms with Gasteiger partial charge < -0.3 is 11.1 Å². The van der Waals surface area contributed by atoms with Crippen LogP contribution in [0.25, 0.3) is 11.3 Å². The Morgan fingerprint density at radius 1 is 1.30 bits per heavy atom. The summed E-state index contributed by atoms with van der Waals surface area (Å²) >= 11 is 0. The Labute approximate surface area is 152 Å². The molecule has 0 radical (unpaired) electrons. The maximum atomic E-state index is 13.5. The first-order valence-electron chi connectivity index (χ1n) is 7.64. The highest BCUT2D eigenvalue weighted by atomic mass is 19.4. The summed E-state index contributed by atoms with van der Waals surface area (Å²) in [6.07, 6.45) is -1.92. The lowest BCUT2D eigenvalue weighted by Gasteiger charge is -2.06. The molecule has 0 bridgehead atoms. The van der Waals surface area contributed by atoms with Crippen molar-refractivity contribution in [2.24, 2.45) is 0 Å². The van der Waals surface area contributed by atoms with Gasteiger partial charge in [0.25, 0.3) is 5.91 Å². The number of carbonyl (C=O) groups is 1. The summed E-state index contributed by atoms with van der Waals surface area (Å²) < 4.78 is 51.4. The number of nitrogens with one attached hydrogen (secondary N) is 2. The minimum Gasteiger partial charge on any atom is -0.396 e. The maximum absolute atomic E-state index is 13.5. The van der Waals surface area contributed by atoms with Crippen molar-refractivity contribution < 1.29 is 22.4 Å². The quantitative estimate of drug-likeness (QED) is 0.312. The van der Waals surface area contributed by atoms with Crippen LogP contribution in [0.3, 0.4) is 0 Å². The Morgan fingerprint density at radius 2 is 2.00 bits per heavy atom. The van der Waals surface area contributed by atoms with Crippen molar-refractivity contribution in [3.8, 4) is 11.3 Å². The van der Waals surface area contributed by atoms with Gasteiger partial charge in [-0.25, -0.2) is 4.39 Å². The molecule has 5 nitrogen and oxygen atoms in total. The number of benzene rings is 1. The number of hydrogen-bond donors (Lipinski definition) is 3. The Hall–Kier alpha value is -3.36. The third-order valence-corrected chi connectivity index (χ3v) is 3.52. The normalized spacial score (nSPS) is 12.4. The number of alkyl halides is 3. The second-order valence-electron chi connectivity index (χ2n) is 5.46. The number of aromatic nitrogens is 2. The van der Waals surface area contributed by atoms with E-state index >= 15 is 0 Å².